The smallest absolute Gasteiger partial charge is 0.312 e. The quantitative estimate of drug-likeness (QED) is 0.716. The van der Waals surface area contributed by atoms with Gasteiger partial charge in [0.15, 0.2) is 0 Å². The van der Waals surface area contributed by atoms with Crippen LogP contribution in [0.2, 0.25) is 0 Å². The van der Waals surface area contributed by atoms with Gasteiger partial charge in [0.1, 0.15) is 12.6 Å². The second kappa shape index (κ2) is 4.44. The Hall–Kier alpha value is -1.27. The van der Waals surface area contributed by atoms with Gasteiger partial charge in [-0.2, -0.15) is 13.2 Å². The second-order valence-electron chi connectivity index (χ2n) is 4.83. The van der Waals surface area contributed by atoms with E-state index in [1.54, 1.807) is 0 Å². The Balaban J connectivity index is 2.13. The molecule has 2 unspecified atom stereocenters. The van der Waals surface area contributed by atoms with E-state index < -0.39 is 30.7 Å². The van der Waals surface area contributed by atoms with Crippen LogP contribution in [-0.4, -0.2) is 47.0 Å². The average Bonchev–Trinajstić information content (AvgIpc) is 2.52. The molecule has 4 nitrogen and oxygen atoms in total. The normalized spacial score (nSPS) is 28.9. The number of imide groups is 1. The van der Waals surface area contributed by atoms with Gasteiger partial charge in [-0.25, -0.2) is 4.79 Å². The highest BCUT2D eigenvalue weighted by Gasteiger charge is 2.50. The standard InChI is InChI=1S/C11H15F3N2O2/c1-2-7-3-4-15-8(5-7)9(17)16(10(15)18)6-11(12,13)14/h7-8H,2-6H2,1H3. The van der Waals surface area contributed by atoms with Crippen molar-refractivity contribution in [2.45, 2.75) is 38.4 Å². The fraction of sp³-hybridized carbons (Fsp3) is 0.818. The maximum atomic E-state index is 12.3. The predicted molar refractivity (Wildman–Crippen MR) is 56.7 cm³/mol. The van der Waals surface area contributed by atoms with Crippen molar-refractivity contribution in [1.29, 1.82) is 0 Å². The minimum Gasteiger partial charge on any atom is -0.312 e. The molecule has 2 atom stereocenters. The summed E-state index contributed by atoms with van der Waals surface area (Å²) in [6.07, 6.45) is -2.42. The van der Waals surface area contributed by atoms with Crippen molar-refractivity contribution in [1.82, 2.24) is 9.80 Å². The molecule has 0 N–H and O–H groups in total. The molecule has 0 saturated carbocycles. The molecule has 2 heterocycles. The average molecular weight is 264 g/mol. The van der Waals surface area contributed by atoms with Gasteiger partial charge in [-0.3, -0.25) is 9.69 Å². The molecular weight excluding hydrogens is 249 g/mol. The first-order valence-corrected chi connectivity index (χ1v) is 6.02. The number of hydrogen-bond acceptors (Lipinski definition) is 2. The molecule has 0 aromatic heterocycles. The Morgan fingerprint density at radius 3 is 2.56 bits per heavy atom. The molecule has 2 rings (SSSR count). The summed E-state index contributed by atoms with van der Waals surface area (Å²) in [6, 6.07) is -1.48. The summed E-state index contributed by atoms with van der Waals surface area (Å²) in [5.74, 6) is -0.385. The summed E-state index contributed by atoms with van der Waals surface area (Å²) >= 11 is 0. The van der Waals surface area contributed by atoms with Gasteiger partial charge in [0.25, 0.3) is 5.91 Å². The monoisotopic (exact) mass is 264 g/mol. The van der Waals surface area contributed by atoms with E-state index in [-0.39, 0.29) is 0 Å². The van der Waals surface area contributed by atoms with Gasteiger partial charge in [-0.15, -0.1) is 0 Å². The Labute approximate surface area is 103 Å². The second-order valence-corrected chi connectivity index (χ2v) is 4.83. The van der Waals surface area contributed by atoms with Crippen LogP contribution in [0.15, 0.2) is 0 Å². The first-order chi connectivity index (χ1) is 8.33. The van der Waals surface area contributed by atoms with Crippen molar-refractivity contribution in [2.75, 3.05) is 13.1 Å². The molecule has 0 radical (unpaired) electrons. The third kappa shape index (κ3) is 2.30. The fourth-order valence-electron chi connectivity index (χ4n) is 2.63. The zero-order chi connectivity index (χ0) is 13.5. The van der Waals surface area contributed by atoms with Crippen LogP contribution in [0.25, 0.3) is 0 Å². The molecule has 2 fully saturated rings. The van der Waals surface area contributed by atoms with Crippen LogP contribution >= 0.6 is 0 Å². The molecule has 0 spiro atoms. The molecule has 0 aliphatic carbocycles. The van der Waals surface area contributed by atoms with Crippen LogP contribution in [0, 0.1) is 5.92 Å². The number of rotatable bonds is 2. The van der Waals surface area contributed by atoms with Gasteiger partial charge in [0, 0.05) is 6.54 Å². The summed E-state index contributed by atoms with van der Waals surface area (Å²) < 4.78 is 36.9. The van der Waals surface area contributed by atoms with Crippen molar-refractivity contribution in [3.05, 3.63) is 0 Å². The van der Waals surface area contributed by atoms with Gasteiger partial charge in [0.2, 0.25) is 0 Å². The van der Waals surface area contributed by atoms with Crippen molar-refractivity contribution >= 4 is 11.9 Å². The van der Waals surface area contributed by atoms with E-state index in [1.807, 2.05) is 6.92 Å². The third-order valence-electron chi connectivity index (χ3n) is 3.65. The van der Waals surface area contributed by atoms with E-state index in [4.69, 9.17) is 0 Å². The number of urea groups is 1. The minimum atomic E-state index is -4.54. The van der Waals surface area contributed by atoms with Crippen LogP contribution in [0.1, 0.15) is 26.2 Å². The van der Waals surface area contributed by atoms with Crippen molar-refractivity contribution in [2.24, 2.45) is 5.92 Å². The lowest BCUT2D eigenvalue weighted by Gasteiger charge is -2.31. The molecular formula is C11H15F3N2O2. The number of fused-ring (bicyclic) bond motifs is 1. The highest BCUT2D eigenvalue weighted by Crippen LogP contribution is 2.32. The lowest BCUT2D eigenvalue weighted by atomic mass is 9.89. The first-order valence-electron chi connectivity index (χ1n) is 6.02. The summed E-state index contributed by atoms with van der Waals surface area (Å²) in [4.78, 5) is 25.2. The molecule has 102 valence electrons. The molecule has 0 aromatic rings. The first kappa shape index (κ1) is 13.2. The van der Waals surface area contributed by atoms with Crippen molar-refractivity contribution < 1.29 is 22.8 Å². The van der Waals surface area contributed by atoms with E-state index in [0.717, 1.165) is 12.8 Å². The van der Waals surface area contributed by atoms with E-state index in [0.29, 0.717) is 23.8 Å². The molecule has 18 heavy (non-hydrogen) atoms. The zero-order valence-electron chi connectivity index (χ0n) is 10.0. The number of nitrogens with zero attached hydrogens (tertiary/aromatic N) is 2. The summed E-state index contributed by atoms with van der Waals surface area (Å²) in [5, 5.41) is 0. The number of carbonyl (C=O) groups excluding carboxylic acids is 2. The lowest BCUT2D eigenvalue weighted by molar-refractivity contribution is -0.153. The summed E-state index contributed by atoms with van der Waals surface area (Å²) in [5.41, 5.74) is 0. The Bertz CT molecular complexity index is 370. The zero-order valence-corrected chi connectivity index (χ0v) is 10.0. The van der Waals surface area contributed by atoms with E-state index in [9.17, 15) is 22.8 Å². The van der Waals surface area contributed by atoms with Gasteiger partial charge < -0.3 is 4.90 Å². The van der Waals surface area contributed by atoms with Crippen molar-refractivity contribution in [3.8, 4) is 0 Å². The Morgan fingerprint density at radius 1 is 1.33 bits per heavy atom. The van der Waals surface area contributed by atoms with E-state index >= 15 is 0 Å². The highest BCUT2D eigenvalue weighted by molar-refractivity contribution is 6.04. The minimum absolute atomic E-state index is 0.314. The largest absolute Gasteiger partial charge is 0.406 e. The van der Waals surface area contributed by atoms with Crippen molar-refractivity contribution in [3.63, 3.8) is 0 Å². The number of piperidine rings is 1. The number of carbonyl (C=O) groups is 2. The maximum absolute atomic E-state index is 12.3. The fourth-order valence-corrected chi connectivity index (χ4v) is 2.63. The van der Waals surface area contributed by atoms with Gasteiger partial charge >= 0.3 is 12.2 Å². The highest BCUT2D eigenvalue weighted by atomic mass is 19.4. The van der Waals surface area contributed by atoms with Gasteiger partial charge in [0.05, 0.1) is 0 Å². The summed E-state index contributed by atoms with van der Waals surface area (Å²) in [7, 11) is 0. The number of amides is 3. The van der Waals surface area contributed by atoms with Crippen LogP contribution in [0.3, 0.4) is 0 Å². The van der Waals surface area contributed by atoms with E-state index in [1.165, 1.54) is 4.90 Å². The molecule has 0 bridgehead atoms. The van der Waals surface area contributed by atoms with E-state index in [2.05, 4.69) is 0 Å². The van der Waals surface area contributed by atoms with Crippen LogP contribution < -0.4 is 0 Å². The molecule has 2 aliphatic rings. The number of hydrogen-bond donors (Lipinski definition) is 0. The Kier molecular flexibility index (Phi) is 3.25. The number of halogens is 3. The molecule has 0 aromatic carbocycles. The SMILES string of the molecule is CCC1CCN2C(=O)N(CC(F)(F)F)C(=O)C2C1. The maximum Gasteiger partial charge on any atom is 0.406 e. The molecule has 3 amide bonds. The molecule has 2 aliphatic heterocycles. The molecule has 2 saturated heterocycles. The lowest BCUT2D eigenvalue weighted by Crippen LogP contribution is -2.42. The predicted octanol–water partition coefficient (Wildman–Crippen LogP) is 2.00. The van der Waals surface area contributed by atoms with Gasteiger partial charge in [-0.1, -0.05) is 13.3 Å². The molecule has 7 heteroatoms. The van der Waals surface area contributed by atoms with Crippen LogP contribution in [0.4, 0.5) is 18.0 Å². The third-order valence-corrected chi connectivity index (χ3v) is 3.65. The van der Waals surface area contributed by atoms with Crippen LogP contribution in [0.5, 0.6) is 0 Å². The summed E-state index contributed by atoms with van der Waals surface area (Å²) in [6.45, 7) is 0.881. The topological polar surface area (TPSA) is 40.6 Å². The number of alkyl halides is 3. The Morgan fingerprint density at radius 2 is 2.00 bits per heavy atom. The van der Waals surface area contributed by atoms with Crippen LogP contribution in [-0.2, 0) is 4.79 Å². The van der Waals surface area contributed by atoms with Gasteiger partial charge in [-0.05, 0) is 18.8 Å².